The maximum absolute atomic E-state index is 12.4. The predicted molar refractivity (Wildman–Crippen MR) is 204 cm³/mol. The highest BCUT2D eigenvalue weighted by Gasteiger charge is 2.64. The van der Waals surface area contributed by atoms with E-state index in [4.69, 9.17) is 27.9 Å². The highest BCUT2D eigenvalue weighted by molar-refractivity contribution is 6.74. The summed E-state index contributed by atoms with van der Waals surface area (Å²) in [6, 6.07) is 7.89. The summed E-state index contributed by atoms with van der Waals surface area (Å²) in [6.07, 6.45) is -0.415. The van der Waals surface area contributed by atoms with Gasteiger partial charge in [-0.15, -0.1) is 6.58 Å². The number of hydroxylamine groups is 2. The molecule has 0 radical (unpaired) electrons. The van der Waals surface area contributed by atoms with Gasteiger partial charge in [0.25, 0.3) is 0 Å². The number of hydrogen-bond acceptors (Lipinski definition) is 9. The van der Waals surface area contributed by atoms with Gasteiger partial charge in [-0.1, -0.05) is 66.7 Å². The fourth-order valence-corrected chi connectivity index (χ4v) is 8.18. The molecule has 0 unspecified atom stereocenters. The second kappa shape index (κ2) is 17.6. The van der Waals surface area contributed by atoms with Crippen LogP contribution in [0.15, 0.2) is 36.9 Å². The van der Waals surface area contributed by atoms with Crippen LogP contribution in [0.2, 0.25) is 36.3 Å². The van der Waals surface area contributed by atoms with E-state index in [2.05, 4.69) is 88.2 Å². The Bertz CT molecular complexity index is 1150. The first kappa shape index (κ1) is 44.0. The molecule has 2 rings (SSSR count). The van der Waals surface area contributed by atoms with E-state index in [1.807, 2.05) is 31.3 Å². The predicted octanol–water partition coefficient (Wildman–Crippen LogP) is 7.44. The Morgan fingerprint density at radius 1 is 0.980 bits per heavy atom. The number of ether oxygens (including phenoxy) is 3. The number of rotatable bonds is 21. The molecule has 0 bridgehead atoms. The van der Waals surface area contributed by atoms with Gasteiger partial charge < -0.3 is 38.1 Å². The largest absolute Gasteiger partial charge is 0.497 e. The van der Waals surface area contributed by atoms with Crippen molar-refractivity contribution in [3.8, 4) is 5.75 Å². The number of benzene rings is 1. The molecule has 1 aliphatic rings. The maximum atomic E-state index is 12.4. The van der Waals surface area contributed by atoms with Crippen molar-refractivity contribution in [2.45, 2.75) is 135 Å². The Balaban J connectivity index is 2.47. The molecule has 0 aliphatic carbocycles. The van der Waals surface area contributed by atoms with Crippen molar-refractivity contribution >= 4 is 16.6 Å². The molecule has 284 valence electrons. The average Bonchev–Trinajstić information content (AvgIpc) is 3.71. The van der Waals surface area contributed by atoms with Gasteiger partial charge in [-0.2, -0.15) is 5.06 Å². The normalized spacial score (nSPS) is 22.7. The van der Waals surface area contributed by atoms with Gasteiger partial charge in [-0.3, -0.25) is 0 Å². The van der Waals surface area contributed by atoms with Crippen LogP contribution >= 0.6 is 0 Å². The number of methoxy groups -OCH3 is 1. The van der Waals surface area contributed by atoms with Crippen molar-refractivity contribution in [2.24, 2.45) is 17.8 Å². The second-order valence-electron chi connectivity index (χ2n) is 17.3. The minimum atomic E-state index is -2.40. The summed E-state index contributed by atoms with van der Waals surface area (Å²) in [6.45, 7) is 32.3. The molecule has 0 amide bonds. The van der Waals surface area contributed by atoms with Crippen molar-refractivity contribution in [3.05, 3.63) is 42.5 Å². The third-order valence-electron chi connectivity index (χ3n) is 11.4. The summed E-state index contributed by atoms with van der Waals surface area (Å²) in [5.41, 5.74) is 0.372. The molecule has 8 atom stereocenters. The summed E-state index contributed by atoms with van der Waals surface area (Å²) in [5.74, 6) is -0.230. The van der Waals surface area contributed by atoms with Crippen molar-refractivity contribution in [1.82, 2.24) is 5.06 Å². The fourth-order valence-electron chi connectivity index (χ4n) is 5.74. The van der Waals surface area contributed by atoms with Crippen molar-refractivity contribution in [3.63, 3.8) is 0 Å². The van der Waals surface area contributed by atoms with Crippen LogP contribution in [0.25, 0.3) is 0 Å². The summed E-state index contributed by atoms with van der Waals surface area (Å²) < 4.78 is 32.3. The molecule has 0 aromatic heterocycles. The molecule has 2 N–H and O–H groups in total. The van der Waals surface area contributed by atoms with E-state index in [1.165, 1.54) is 0 Å². The molecular weight excluding hydrogens is 655 g/mol. The minimum Gasteiger partial charge on any atom is -0.497 e. The number of hydrogen-bond donors (Lipinski definition) is 2. The van der Waals surface area contributed by atoms with E-state index < -0.39 is 52.4 Å². The van der Waals surface area contributed by atoms with Gasteiger partial charge >= 0.3 is 0 Å². The molecular formula is C38H71NO8Si2. The molecule has 0 spiro atoms. The zero-order valence-electron chi connectivity index (χ0n) is 33.5. The number of epoxide rings is 1. The van der Waals surface area contributed by atoms with Gasteiger partial charge in [0.1, 0.15) is 11.4 Å². The first-order valence-electron chi connectivity index (χ1n) is 17.9. The molecule has 1 saturated heterocycles. The Morgan fingerprint density at radius 2 is 1.55 bits per heavy atom. The molecule has 1 fully saturated rings. The number of aliphatic hydroxyl groups is 2. The Morgan fingerprint density at radius 3 is 2.04 bits per heavy atom. The standard InChI is InChI=1S/C38H71NO8Si2/c1-17-30(32(40)22-23-39(10)43-12)33(41)31(26-45-48(13,14)36(3,4)5)35(47-49(15,16)37(6,7)8)38(9)34(46-38)27(2)24-44-25-28-18-20-29(42-11)21-19-28/h17-21,27,30-35,40-41H,1,22-26H2,2-16H3/t27-,30-,31-,32-,33+,34+,35-,38+/m0/s1. The average molecular weight is 726 g/mol. The minimum absolute atomic E-state index is 0.0291. The Labute approximate surface area is 300 Å². The lowest BCUT2D eigenvalue weighted by Crippen LogP contribution is -2.57. The highest BCUT2D eigenvalue weighted by Crippen LogP contribution is 2.51. The van der Waals surface area contributed by atoms with Crippen molar-refractivity contribution < 1.29 is 38.1 Å². The quantitative estimate of drug-likeness (QED) is 0.0580. The van der Waals surface area contributed by atoms with E-state index >= 15 is 0 Å². The molecule has 9 nitrogen and oxygen atoms in total. The van der Waals surface area contributed by atoms with E-state index in [1.54, 1.807) is 25.4 Å². The van der Waals surface area contributed by atoms with E-state index in [0.29, 0.717) is 26.2 Å². The number of aliphatic hydroxyl groups excluding tert-OH is 2. The van der Waals surface area contributed by atoms with Crippen LogP contribution in [0, 0.1) is 17.8 Å². The topological polar surface area (TPSA) is 102 Å². The van der Waals surface area contributed by atoms with Crippen LogP contribution in [0.3, 0.4) is 0 Å². The second-order valence-corrected chi connectivity index (χ2v) is 26.9. The summed E-state index contributed by atoms with van der Waals surface area (Å²) in [4.78, 5) is 5.28. The molecule has 1 aromatic carbocycles. The Hall–Kier alpha value is -1.13. The molecule has 49 heavy (non-hydrogen) atoms. The molecule has 1 aromatic rings. The van der Waals surface area contributed by atoms with Crippen LogP contribution in [0.4, 0.5) is 0 Å². The van der Waals surface area contributed by atoms with Gasteiger partial charge in [0.05, 0.1) is 51.8 Å². The summed E-state index contributed by atoms with van der Waals surface area (Å²) in [7, 11) is 0.449. The zero-order chi connectivity index (χ0) is 37.6. The summed E-state index contributed by atoms with van der Waals surface area (Å²) in [5, 5.41) is 25.3. The highest BCUT2D eigenvalue weighted by atomic mass is 28.4. The number of nitrogens with zero attached hydrogens (tertiary/aromatic N) is 1. The van der Waals surface area contributed by atoms with Crippen molar-refractivity contribution in [2.75, 3.05) is 41.0 Å². The lowest BCUT2D eigenvalue weighted by atomic mass is 9.78. The smallest absolute Gasteiger partial charge is 0.192 e. The SMILES string of the molecule is C=C[C@H]([C@@H](O)[C@H](CO[Si](C)(C)C(C)(C)C)[C@H](O[Si](C)(C)C(C)(C)C)[C@]1(C)O[C@@H]1[C@@H](C)COCc1ccc(OC)cc1)[C@@H](O)CCN(C)OC. The van der Waals surface area contributed by atoms with E-state index in [9.17, 15) is 10.2 Å². The third-order valence-corrected chi connectivity index (χ3v) is 20.4. The first-order valence-corrected chi connectivity index (χ1v) is 23.7. The fraction of sp³-hybridized carbons (Fsp3) is 0.789. The molecule has 11 heteroatoms. The molecule has 1 heterocycles. The first-order chi connectivity index (χ1) is 22.5. The molecule has 1 aliphatic heterocycles. The van der Waals surface area contributed by atoms with Gasteiger partial charge in [0.15, 0.2) is 16.6 Å². The summed E-state index contributed by atoms with van der Waals surface area (Å²) >= 11 is 0. The maximum Gasteiger partial charge on any atom is 0.192 e. The van der Waals surface area contributed by atoms with Crippen LogP contribution in [-0.2, 0) is 29.8 Å². The monoisotopic (exact) mass is 725 g/mol. The lowest BCUT2D eigenvalue weighted by Gasteiger charge is -2.46. The zero-order valence-corrected chi connectivity index (χ0v) is 35.5. The van der Waals surface area contributed by atoms with Crippen LogP contribution < -0.4 is 4.74 Å². The van der Waals surface area contributed by atoms with Gasteiger partial charge in [0, 0.05) is 38.0 Å². The van der Waals surface area contributed by atoms with E-state index in [0.717, 1.165) is 11.3 Å². The Kier molecular flexibility index (Phi) is 15.8. The lowest BCUT2D eigenvalue weighted by molar-refractivity contribution is -0.120. The van der Waals surface area contributed by atoms with Gasteiger partial charge in [0.2, 0.25) is 0 Å². The molecule has 0 saturated carbocycles. The van der Waals surface area contributed by atoms with Crippen LogP contribution in [-0.4, -0.2) is 103 Å². The third kappa shape index (κ3) is 11.7. The van der Waals surface area contributed by atoms with E-state index in [-0.39, 0.29) is 28.7 Å². The van der Waals surface area contributed by atoms with Crippen LogP contribution in [0.5, 0.6) is 5.75 Å². The van der Waals surface area contributed by atoms with Gasteiger partial charge in [-0.05, 0) is 67.3 Å². The van der Waals surface area contributed by atoms with Gasteiger partial charge in [-0.25, -0.2) is 0 Å². The van der Waals surface area contributed by atoms with Crippen LogP contribution in [0.1, 0.15) is 67.4 Å². The van der Waals surface area contributed by atoms with Crippen molar-refractivity contribution in [1.29, 1.82) is 0 Å².